The van der Waals surface area contributed by atoms with E-state index in [4.69, 9.17) is 9.15 Å². The minimum Gasteiger partial charge on any atom is -0.497 e. The number of methoxy groups -OCH3 is 1. The van der Waals surface area contributed by atoms with Crippen LogP contribution in [-0.4, -0.2) is 34.4 Å². The first-order chi connectivity index (χ1) is 12.7. The second-order valence-electron chi connectivity index (χ2n) is 7.16. The van der Waals surface area contributed by atoms with E-state index in [0.717, 1.165) is 40.4 Å². The van der Waals surface area contributed by atoms with Crippen LogP contribution in [-0.2, 0) is 13.0 Å². The lowest BCUT2D eigenvalue weighted by Crippen LogP contribution is -2.36. The fourth-order valence-corrected chi connectivity index (χ4v) is 3.74. The monoisotopic (exact) mass is 351 g/mol. The number of nitrogens with one attached hydrogen (secondary N) is 1. The molecule has 0 radical (unpaired) electrons. The maximum atomic E-state index is 12.9. The Labute approximate surface area is 151 Å². The number of H-pyrrole nitrogens is 1. The van der Waals surface area contributed by atoms with Crippen molar-refractivity contribution >= 4 is 16.8 Å². The van der Waals surface area contributed by atoms with Crippen molar-refractivity contribution in [2.24, 2.45) is 0 Å². The van der Waals surface area contributed by atoms with E-state index in [0.29, 0.717) is 24.7 Å². The molecule has 0 spiro atoms. The number of carbonyl (C=O) groups excluding carboxylic acids is 1. The Morgan fingerprint density at radius 2 is 2.23 bits per heavy atom. The van der Waals surface area contributed by atoms with Gasteiger partial charge in [-0.25, -0.2) is 4.98 Å². The zero-order valence-electron chi connectivity index (χ0n) is 14.7. The number of oxazole rings is 1. The zero-order chi connectivity index (χ0) is 17.7. The molecule has 0 unspecified atom stereocenters. The molecule has 1 aliphatic heterocycles. The first-order valence-corrected chi connectivity index (χ1v) is 9.16. The molecule has 5 rings (SSSR count). The van der Waals surface area contributed by atoms with Crippen molar-refractivity contribution in [2.45, 2.75) is 38.1 Å². The predicted molar refractivity (Wildman–Crippen MR) is 96.4 cm³/mol. The van der Waals surface area contributed by atoms with Crippen LogP contribution < -0.4 is 4.74 Å². The van der Waals surface area contributed by atoms with E-state index in [1.54, 1.807) is 7.11 Å². The molecule has 1 N–H and O–H groups in total. The van der Waals surface area contributed by atoms with Gasteiger partial charge in [0.25, 0.3) is 5.91 Å². The second kappa shape index (κ2) is 5.90. The summed E-state index contributed by atoms with van der Waals surface area (Å²) in [6.45, 7) is 1.17. The van der Waals surface area contributed by atoms with Gasteiger partial charge in [-0.3, -0.25) is 4.79 Å². The standard InChI is InChI=1S/C20H21N3O3/c1-25-14-5-6-15-13(9-14)10-16(21-15)20(24)23-8-7-18-17(11-23)22-19(26-18)12-3-2-4-12/h5-6,9-10,12,21H,2-4,7-8,11H2,1H3. The number of hydrogen-bond acceptors (Lipinski definition) is 4. The van der Waals surface area contributed by atoms with E-state index in [1.807, 2.05) is 29.2 Å². The highest BCUT2D eigenvalue weighted by Crippen LogP contribution is 2.37. The highest BCUT2D eigenvalue weighted by molar-refractivity contribution is 5.98. The van der Waals surface area contributed by atoms with Crippen LogP contribution in [0.5, 0.6) is 5.75 Å². The molecule has 2 aromatic heterocycles. The van der Waals surface area contributed by atoms with E-state index in [9.17, 15) is 4.79 Å². The minimum atomic E-state index is -0.000916. The molecule has 0 bridgehead atoms. The lowest BCUT2D eigenvalue weighted by Gasteiger charge is -2.24. The Morgan fingerprint density at radius 3 is 3.00 bits per heavy atom. The predicted octanol–water partition coefficient (Wildman–Crippen LogP) is 3.63. The minimum absolute atomic E-state index is 0.000916. The van der Waals surface area contributed by atoms with Crippen LogP contribution in [0, 0.1) is 0 Å². The number of rotatable bonds is 3. The van der Waals surface area contributed by atoms with Gasteiger partial charge < -0.3 is 19.0 Å². The van der Waals surface area contributed by atoms with Crippen LogP contribution in [0.1, 0.15) is 53.0 Å². The molecule has 6 nitrogen and oxygen atoms in total. The molecule has 0 atom stereocenters. The van der Waals surface area contributed by atoms with E-state index in [1.165, 1.54) is 19.3 Å². The van der Waals surface area contributed by atoms with Crippen LogP contribution >= 0.6 is 0 Å². The van der Waals surface area contributed by atoms with E-state index < -0.39 is 0 Å². The summed E-state index contributed by atoms with van der Waals surface area (Å²) in [6.07, 6.45) is 4.32. The van der Waals surface area contributed by atoms with Gasteiger partial charge in [-0.05, 0) is 37.1 Å². The fourth-order valence-electron chi connectivity index (χ4n) is 3.74. The normalized spacial score (nSPS) is 17.2. The molecule has 2 aliphatic rings. The van der Waals surface area contributed by atoms with E-state index >= 15 is 0 Å². The van der Waals surface area contributed by atoms with Crippen LogP contribution in [0.4, 0.5) is 0 Å². The SMILES string of the molecule is COc1ccc2[nH]c(C(=O)N3CCc4oc(C5CCC5)nc4C3)cc2c1. The number of fused-ring (bicyclic) bond motifs is 2. The third kappa shape index (κ3) is 2.48. The summed E-state index contributed by atoms with van der Waals surface area (Å²) < 4.78 is 11.2. The fraction of sp³-hybridized carbons (Fsp3) is 0.400. The molecular weight excluding hydrogens is 330 g/mol. The lowest BCUT2D eigenvalue weighted by atomic mass is 9.85. The van der Waals surface area contributed by atoms with Gasteiger partial charge in [0.15, 0.2) is 5.89 Å². The lowest BCUT2D eigenvalue weighted by molar-refractivity contribution is 0.0723. The van der Waals surface area contributed by atoms with Crippen LogP contribution in [0.25, 0.3) is 10.9 Å². The molecule has 134 valence electrons. The summed E-state index contributed by atoms with van der Waals surface area (Å²) in [4.78, 5) is 22.7. The number of nitrogens with zero attached hydrogens (tertiary/aromatic N) is 2. The largest absolute Gasteiger partial charge is 0.497 e. The maximum absolute atomic E-state index is 12.9. The quantitative estimate of drug-likeness (QED) is 0.782. The molecule has 1 aromatic carbocycles. The average Bonchev–Trinajstić information content (AvgIpc) is 3.21. The summed E-state index contributed by atoms with van der Waals surface area (Å²) in [6, 6.07) is 7.64. The molecule has 0 saturated heterocycles. The molecular formula is C20H21N3O3. The number of ether oxygens (including phenoxy) is 1. The van der Waals surface area contributed by atoms with Gasteiger partial charge in [-0.1, -0.05) is 6.42 Å². The highest BCUT2D eigenvalue weighted by Gasteiger charge is 2.30. The van der Waals surface area contributed by atoms with Gasteiger partial charge >= 0.3 is 0 Å². The van der Waals surface area contributed by atoms with Crippen molar-refractivity contribution in [1.29, 1.82) is 0 Å². The average molecular weight is 351 g/mol. The molecule has 6 heteroatoms. The maximum Gasteiger partial charge on any atom is 0.270 e. The van der Waals surface area contributed by atoms with Crippen LogP contribution in [0.2, 0.25) is 0 Å². The van der Waals surface area contributed by atoms with Crippen molar-refractivity contribution < 1.29 is 13.9 Å². The Kier molecular flexibility index (Phi) is 3.51. The summed E-state index contributed by atoms with van der Waals surface area (Å²) in [5.74, 6) is 3.09. The molecule has 3 aromatic rings. The van der Waals surface area contributed by atoms with Crippen molar-refractivity contribution in [3.63, 3.8) is 0 Å². The third-order valence-electron chi connectivity index (χ3n) is 5.54. The van der Waals surface area contributed by atoms with Crippen molar-refractivity contribution in [3.05, 3.63) is 47.3 Å². The zero-order valence-corrected chi connectivity index (χ0v) is 14.7. The van der Waals surface area contributed by atoms with Crippen LogP contribution in [0.3, 0.4) is 0 Å². The molecule has 1 saturated carbocycles. The number of aromatic nitrogens is 2. The topological polar surface area (TPSA) is 71.4 Å². The van der Waals surface area contributed by atoms with Gasteiger partial charge in [0.1, 0.15) is 22.9 Å². The van der Waals surface area contributed by atoms with Gasteiger partial charge in [0.2, 0.25) is 0 Å². The molecule has 1 amide bonds. The molecule has 3 heterocycles. The molecule has 1 aliphatic carbocycles. The molecule has 26 heavy (non-hydrogen) atoms. The second-order valence-corrected chi connectivity index (χ2v) is 7.16. The first kappa shape index (κ1) is 15.5. The van der Waals surface area contributed by atoms with Gasteiger partial charge in [0, 0.05) is 29.8 Å². The highest BCUT2D eigenvalue weighted by atomic mass is 16.5. The Bertz CT molecular complexity index is 984. The van der Waals surface area contributed by atoms with E-state index in [-0.39, 0.29) is 5.91 Å². The summed E-state index contributed by atoms with van der Waals surface area (Å²) in [5.41, 5.74) is 2.45. The number of benzene rings is 1. The molecule has 1 fully saturated rings. The Morgan fingerprint density at radius 1 is 1.35 bits per heavy atom. The summed E-state index contributed by atoms with van der Waals surface area (Å²) in [7, 11) is 1.64. The number of carbonyl (C=O) groups is 1. The number of aromatic amines is 1. The van der Waals surface area contributed by atoms with Gasteiger partial charge in [0.05, 0.1) is 13.7 Å². The van der Waals surface area contributed by atoms with Crippen molar-refractivity contribution in [1.82, 2.24) is 14.9 Å². The van der Waals surface area contributed by atoms with Gasteiger partial charge in [-0.15, -0.1) is 0 Å². The van der Waals surface area contributed by atoms with Crippen molar-refractivity contribution in [3.8, 4) is 5.75 Å². The Balaban J connectivity index is 1.38. The summed E-state index contributed by atoms with van der Waals surface area (Å²) >= 11 is 0. The van der Waals surface area contributed by atoms with E-state index in [2.05, 4.69) is 9.97 Å². The summed E-state index contributed by atoms with van der Waals surface area (Å²) in [5, 5.41) is 0.971. The van der Waals surface area contributed by atoms with Gasteiger partial charge in [-0.2, -0.15) is 0 Å². The number of amides is 1. The third-order valence-corrected chi connectivity index (χ3v) is 5.54. The van der Waals surface area contributed by atoms with Crippen molar-refractivity contribution in [2.75, 3.05) is 13.7 Å². The van der Waals surface area contributed by atoms with Crippen LogP contribution in [0.15, 0.2) is 28.7 Å². The first-order valence-electron chi connectivity index (χ1n) is 9.16. The smallest absolute Gasteiger partial charge is 0.270 e. The number of hydrogen-bond donors (Lipinski definition) is 1. The Hall–Kier alpha value is -2.76.